The summed E-state index contributed by atoms with van der Waals surface area (Å²) in [6.07, 6.45) is 0. The number of fused-ring (bicyclic) bond motifs is 1. The molecule has 6 heteroatoms. The standard InChI is InChI=1S/C8H4BrClN2O2/c9-5-1-4-2-7(10)11-8(4)6(3-5)12(13)14/h1-3,11H. The molecule has 72 valence electrons. The summed E-state index contributed by atoms with van der Waals surface area (Å²) >= 11 is 8.92. The molecule has 0 fully saturated rings. The lowest BCUT2D eigenvalue weighted by Crippen LogP contribution is -1.89. The van der Waals surface area contributed by atoms with E-state index in [0.29, 0.717) is 15.1 Å². The van der Waals surface area contributed by atoms with Gasteiger partial charge in [-0.2, -0.15) is 0 Å². The van der Waals surface area contributed by atoms with E-state index in [1.165, 1.54) is 6.07 Å². The van der Waals surface area contributed by atoms with Crippen LogP contribution in [0.25, 0.3) is 10.9 Å². The Kier molecular flexibility index (Phi) is 2.20. The van der Waals surface area contributed by atoms with Crippen LogP contribution in [0.4, 0.5) is 5.69 Å². The minimum absolute atomic E-state index is 0.0151. The van der Waals surface area contributed by atoms with Crippen LogP contribution in [0, 0.1) is 10.1 Å². The van der Waals surface area contributed by atoms with Crippen LogP contribution in [0.2, 0.25) is 5.15 Å². The summed E-state index contributed by atoms with van der Waals surface area (Å²) in [5.74, 6) is 0. The number of hydrogen-bond donors (Lipinski definition) is 1. The van der Waals surface area contributed by atoms with E-state index in [0.717, 1.165) is 5.39 Å². The molecule has 0 aliphatic rings. The molecule has 0 atom stereocenters. The molecular weight excluding hydrogens is 271 g/mol. The second kappa shape index (κ2) is 3.25. The maximum Gasteiger partial charge on any atom is 0.294 e. The highest BCUT2D eigenvalue weighted by Crippen LogP contribution is 2.31. The van der Waals surface area contributed by atoms with Gasteiger partial charge in [-0.05, 0) is 12.1 Å². The second-order valence-corrected chi connectivity index (χ2v) is 4.09. The summed E-state index contributed by atoms with van der Waals surface area (Å²) in [6.45, 7) is 0. The van der Waals surface area contributed by atoms with Crippen molar-refractivity contribution in [2.45, 2.75) is 0 Å². The van der Waals surface area contributed by atoms with Gasteiger partial charge in [-0.3, -0.25) is 10.1 Å². The molecule has 0 aliphatic heterocycles. The van der Waals surface area contributed by atoms with Crippen LogP contribution in [0.3, 0.4) is 0 Å². The number of benzene rings is 1. The van der Waals surface area contributed by atoms with E-state index in [1.807, 2.05) is 0 Å². The molecule has 1 aromatic carbocycles. The fourth-order valence-electron chi connectivity index (χ4n) is 1.30. The Labute approximate surface area is 92.1 Å². The third-order valence-corrected chi connectivity index (χ3v) is 2.50. The van der Waals surface area contributed by atoms with Gasteiger partial charge in [-0.1, -0.05) is 27.5 Å². The van der Waals surface area contributed by atoms with E-state index in [-0.39, 0.29) is 5.69 Å². The Bertz CT molecular complexity index is 523. The van der Waals surface area contributed by atoms with Gasteiger partial charge < -0.3 is 4.98 Å². The lowest BCUT2D eigenvalue weighted by molar-refractivity contribution is -0.383. The van der Waals surface area contributed by atoms with Crippen molar-refractivity contribution in [1.82, 2.24) is 4.98 Å². The van der Waals surface area contributed by atoms with Crippen LogP contribution in [0.5, 0.6) is 0 Å². The molecule has 0 unspecified atom stereocenters. The first kappa shape index (κ1) is 9.48. The number of H-pyrrole nitrogens is 1. The van der Waals surface area contributed by atoms with Crippen molar-refractivity contribution >= 4 is 44.1 Å². The van der Waals surface area contributed by atoms with Crippen molar-refractivity contribution in [3.05, 3.63) is 37.9 Å². The number of nitrogens with zero attached hydrogens (tertiary/aromatic N) is 1. The molecule has 2 rings (SSSR count). The number of nitrogens with one attached hydrogen (secondary N) is 1. The maximum absolute atomic E-state index is 10.7. The minimum Gasteiger partial charge on any atom is -0.340 e. The summed E-state index contributed by atoms with van der Waals surface area (Å²) in [4.78, 5) is 13.0. The van der Waals surface area contributed by atoms with Gasteiger partial charge >= 0.3 is 0 Å². The molecule has 0 radical (unpaired) electrons. The largest absolute Gasteiger partial charge is 0.340 e. The van der Waals surface area contributed by atoms with E-state index in [2.05, 4.69) is 20.9 Å². The van der Waals surface area contributed by atoms with Crippen LogP contribution in [0.15, 0.2) is 22.7 Å². The van der Waals surface area contributed by atoms with E-state index < -0.39 is 4.92 Å². The smallest absolute Gasteiger partial charge is 0.294 e. The number of hydrogen-bond acceptors (Lipinski definition) is 2. The van der Waals surface area contributed by atoms with Gasteiger partial charge in [0, 0.05) is 15.9 Å². The normalized spacial score (nSPS) is 10.7. The second-order valence-electron chi connectivity index (χ2n) is 2.76. The molecule has 1 heterocycles. The number of aromatic nitrogens is 1. The average molecular weight is 275 g/mol. The summed E-state index contributed by atoms with van der Waals surface area (Å²) < 4.78 is 0.660. The predicted molar refractivity (Wildman–Crippen MR) is 57.7 cm³/mol. The Morgan fingerprint density at radius 2 is 2.14 bits per heavy atom. The van der Waals surface area contributed by atoms with Gasteiger partial charge in [0.2, 0.25) is 0 Å². The zero-order chi connectivity index (χ0) is 10.3. The van der Waals surface area contributed by atoms with Crippen LogP contribution in [-0.4, -0.2) is 9.91 Å². The summed E-state index contributed by atoms with van der Waals surface area (Å²) in [7, 11) is 0. The molecule has 0 amide bonds. The fourth-order valence-corrected chi connectivity index (χ4v) is 1.97. The van der Waals surface area contributed by atoms with E-state index in [1.54, 1.807) is 12.1 Å². The van der Waals surface area contributed by atoms with E-state index in [9.17, 15) is 10.1 Å². The quantitative estimate of drug-likeness (QED) is 0.639. The lowest BCUT2D eigenvalue weighted by Gasteiger charge is -1.94. The van der Waals surface area contributed by atoms with Crippen LogP contribution in [0.1, 0.15) is 0 Å². The number of nitro groups is 1. The van der Waals surface area contributed by atoms with E-state index in [4.69, 9.17) is 11.6 Å². The number of aromatic amines is 1. The predicted octanol–water partition coefficient (Wildman–Crippen LogP) is 3.49. The third-order valence-electron chi connectivity index (χ3n) is 1.84. The minimum atomic E-state index is -0.445. The summed E-state index contributed by atoms with van der Waals surface area (Å²) in [5.41, 5.74) is 0.462. The zero-order valence-electron chi connectivity index (χ0n) is 6.75. The van der Waals surface area contributed by atoms with Crippen LogP contribution >= 0.6 is 27.5 Å². The first-order valence-corrected chi connectivity index (χ1v) is 4.87. The third kappa shape index (κ3) is 1.49. The number of halogens is 2. The van der Waals surface area contributed by atoms with Gasteiger partial charge in [0.1, 0.15) is 10.7 Å². The van der Waals surface area contributed by atoms with Gasteiger partial charge in [-0.15, -0.1) is 0 Å². The fraction of sp³-hybridized carbons (Fsp3) is 0. The van der Waals surface area contributed by atoms with Crippen LogP contribution < -0.4 is 0 Å². The Hall–Kier alpha value is -1.07. The van der Waals surface area contributed by atoms with Gasteiger partial charge in [0.05, 0.1) is 4.92 Å². The molecule has 0 bridgehead atoms. The van der Waals surface area contributed by atoms with Crippen molar-refractivity contribution in [2.24, 2.45) is 0 Å². The molecule has 1 aromatic heterocycles. The number of nitro benzene ring substituents is 1. The topological polar surface area (TPSA) is 58.9 Å². The first-order chi connectivity index (χ1) is 6.58. The highest BCUT2D eigenvalue weighted by Gasteiger charge is 2.15. The molecule has 4 nitrogen and oxygen atoms in total. The first-order valence-electron chi connectivity index (χ1n) is 3.70. The molecule has 0 spiro atoms. The Morgan fingerprint density at radius 1 is 1.43 bits per heavy atom. The summed E-state index contributed by atoms with van der Waals surface area (Å²) in [5, 5.41) is 11.8. The molecule has 14 heavy (non-hydrogen) atoms. The van der Waals surface area contributed by atoms with Crippen molar-refractivity contribution in [3.63, 3.8) is 0 Å². The Balaban J connectivity index is 2.85. The van der Waals surface area contributed by atoms with Crippen molar-refractivity contribution in [2.75, 3.05) is 0 Å². The number of rotatable bonds is 1. The highest BCUT2D eigenvalue weighted by atomic mass is 79.9. The van der Waals surface area contributed by atoms with Gasteiger partial charge in [0.15, 0.2) is 0 Å². The molecule has 0 saturated carbocycles. The highest BCUT2D eigenvalue weighted by molar-refractivity contribution is 9.10. The van der Waals surface area contributed by atoms with E-state index >= 15 is 0 Å². The molecule has 0 saturated heterocycles. The molecule has 0 aliphatic carbocycles. The van der Waals surface area contributed by atoms with Gasteiger partial charge in [-0.25, -0.2) is 0 Å². The van der Waals surface area contributed by atoms with Gasteiger partial charge in [0.25, 0.3) is 5.69 Å². The van der Waals surface area contributed by atoms with Crippen LogP contribution in [-0.2, 0) is 0 Å². The SMILES string of the molecule is O=[N+]([O-])c1cc(Br)cc2cc(Cl)[nH]c12. The Morgan fingerprint density at radius 3 is 2.79 bits per heavy atom. The number of non-ortho nitro benzene ring substituents is 1. The monoisotopic (exact) mass is 274 g/mol. The van der Waals surface area contributed by atoms with Crippen molar-refractivity contribution < 1.29 is 4.92 Å². The average Bonchev–Trinajstić information content (AvgIpc) is 2.42. The zero-order valence-corrected chi connectivity index (χ0v) is 9.09. The molecule has 1 N–H and O–H groups in total. The lowest BCUT2D eigenvalue weighted by atomic mass is 10.2. The maximum atomic E-state index is 10.7. The van der Waals surface area contributed by atoms with Crippen molar-refractivity contribution in [1.29, 1.82) is 0 Å². The molecule has 2 aromatic rings. The van der Waals surface area contributed by atoms with Crippen molar-refractivity contribution in [3.8, 4) is 0 Å². The molecular formula is C8H4BrClN2O2. The summed E-state index contributed by atoms with van der Waals surface area (Å²) in [6, 6.07) is 4.86.